The van der Waals surface area contributed by atoms with Crippen molar-refractivity contribution < 1.29 is 9.13 Å². The molecule has 2 nitrogen and oxygen atoms in total. The number of rotatable bonds is 4. The molecule has 0 radical (unpaired) electrons. The van der Waals surface area contributed by atoms with Crippen LogP contribution in [-0.4, -0.2) is 0 Å². The van der Waals surface area contributed by atoms with Crippen LogP contribution in [0, 0.1) is 0 Å². The number of hydrogen-bond acceptors (Lipinski definition) is 0. The molecule has 1 aromatic carbocycles. The number of aromatic nitrogens is 2. The molecular formula is C18H20Br2N2+2. The minimum absolute atomic E-state index is 0. The molecule has 0 N–H and O–H groups in total. The largest absolute Gasteiger partial charge is 0.201 e. The summed E-state index contributed by atoms with van der Waals surface area (Å²) in [5, 5.41) is 0. The quantitative estimate of drug-likeness (QED) is 0.567. The Morgan fingerprint density at radius 3 is 1.14 bits per heavy atom. The smallest absolute Gasteiger partial charge is 0.173 e. The fourth-order valence-electron chi connectivity index (χ4n) is 2.25. The average Bonchev–Trinajstić information content (AvgIpc) is 2.51. The fraction of sp³-hybridized carbons (Fsp3) is 0.111. The van der Waals surface area contributed by atoms with Gasteiger partial charge in [-0.25, -0.2) is 9.13 Å². The lowest BCUT2D eigenvalue weighted by Crippen LogP contribution is -2.33. The molecule has 0 atom stereocenters. The Bertz CT molecular complexity index is 595. The molecule has 0 aliphatic carbocycles. The summed E-state index contributed by atoms with van der Waals surface area (Å²) in [5.41, 5.74) is 2.64. The van der Waals surface area contributed by atoms with Gasteiger partial charge in [0.2, 0.25) is 0 Å². The maximum absolute atomic E-state index is 2.21. The van der Waals surface area contributed by atoms with E-state index in [1.54, 1.807) is 0 Å². The molecule has 2 heterocycles. The summed E-state index contributed by atoms with van der Waals surface area (Å²) in [4.78, 5) is 0. The van der Waals surface area contributed by atoms with Crippen LogP contribution in [0.15, 0.2) is 85.5 Å². The van der Waals surface area contributed by atoms with Crippen molar-refractivity contribution in [2.75, 3.05) is 0 Å². The second kappa shape index (κ2) is 9.49. The molecule has 3 rings (SSSR count). The van der Waals surface area contributed by atoms with Crippen molar-refractivity contribution in [1.82, 2.24) is 0 Å². The normalized spacial score (nSPS) is 9.45. The van der Waals surface area contributed by atoms with Gasteiger partial charge in [-0.3, -0.25) is 0 Å². The summed E-state index contributed by atoms with van der Waals surface area (Å²) in [6.45, 7) is 1.83. The highest BCUT2D eigenvalue weighted by Crippen LogP contribution is 2.04. The van der Waals surface area contributed by atoms with Gasteiger partial charge in [0.15, 0.2) is 37.9 Å². The first kappa shape index (κ1) is 18.5. The maximum Gasteiger partial charge on any atom is 0.173 e. The predicted molar refractivity (Wildman–Crippen MR) is 98.6 cm³/mol. The van der Waals surface area contributed by atoms with Crippen molar-refractivity contribution in [1.29, 1.82) is 0 Å². The predicted octanol–water partition coefficient (Wildman–Crippen LogP) is 3.51. The first-order valence-corrected chi connectivity index (χ1v) is 6.86. The molecule has 0 aliphatic heterocycles. The number of benzene rings is 1. The van der Waals surface area contributed by atoms with Crippen LogP contribution in [0.5, 0.6) is 0 Å². The molecule has 0 unspecified atom stereocenters. The van der Waals surface area contributed by atoms with E-state index in [-0.39, 0.29) is 34.0 Å². The highest BCUT2D eigenvalue weighted by atomic mass is 79.9. The van der Waals surface area contributed by atoms with Crippen molar-refractivity contribution in [3.05, 3.63) is 96.6 Å². The summed E-state index contributed by atoms with van der Waals surface area (Å²) < 4.78 is 4.36. The van der Waals surface area contributed by atoms with Crippen LogP contribution in [0.4, 0.5) is 0 Å². The molecule has 0 aliphatic rings. The van der Waals surface area contributed by atoms with Gasteiger partial charge in [-0.2, -0.15) is 0 Å². The minimum atomic E-state index is 0. The van der Waals surface area contributed by atoms with Crippen LogP contribution in [0.1, 0.15) is 11.1 Å². The lowest BCUT2D eigenvalue weighted by molar-refractivity contribution is -0.688. The van der Waals surface area contributed by atoms with Gasteiger partial charge in [-0.1, -0.05) is 36.4 Å². The van der Waals surface area contributed by atoms with E-state index in [4.69, 9.17) is 0 Å². The second-order valence-electron chi connectivity index (χ2n) is 4.91. The van der Waals surface area contributed by atoms with Gasteiger partial charge in [0.25, 0.3) is 0 Å². The molecule has 0 fully saturated rings. The number of nitrogens with zero attached hydrogens (tertiary/aromatic N) is 2. The lowest BCUT2D eigenvalue weighted by Gasteiger charge is -2.00. The highest BCUT2D eigenvalue weighted by molar-refractivity contribution is 8.93. The van der Waals surface area contributed by atoms with Crippen molar-refractivity contribution in [2.24, 2.45) is 0 Å². The van der Waals surface area contributed by atoms with E-state index < -0.39 is 0 Å². The van der Waals surface area contributed by atoms with Crippen LogP contribution < -0.4 is 9.13 Å². The molecule has 0 amide bonds. The van der Waals surface area contributed by atoms with E-state index in [2.05, 4.69) is 82.5 Å². The number of halogens is 2. The first-order chi connectivity index (χ1) is 9.90. The monoisotopic (exact) mass is 422 g/mol. The Hall–Kier alpha value is -1.52. The molecule has 0 bridgehead atoms. The Labute approximate surface area is 152 Å². The van der Waals surface area contributed by atoms with E-state index >= 15 is 0 Å². The van der Waals surface area contributed by atoms with Crippen molar-refractivity contribution in [2.45, 2.75) is 13.1 Å². The zero-order valence-electron chi connectivity index (χ0n) is 12.2. The third-order valence-corrected chi connectivity index (χ3v) is 3.31. The third-order valence-electron chi connectivity index (χ3n) is 3.31. The average molecular weight is 424 g/mol. The van der Waals surface area contributed by atoms with Crippen LogP contribution in [-0.2, 0) is 13.1 Å². The van der Waals surface area contributed by atoms with Crippen LogP contribution in [0.25, 0.3) is 0 Å². The number of pyridine rings is 2. The molecule has 0 saturated carbocycles. The van der Waals surface area contributed by atoms with E-state index in [1.165, 1.54) is 11.1 Å². The van der Waals surface area contributed by atoms with E-state index in [1.807, 2.05) is 12.1 Å². The SMILES string of the molecule is Br.Br.c1cc[n+](Cc2ccc(C[n+]3ccccc3)cc2)cc1. The van der Waals surface area contributed by atoms with E-state index in [0.29, 0.717) is 0 Å². The van der Waals surface area contributed by atoms with Gasteiger partial charge in [-0.15, -0.1) is 34.0 Å². The summed E-state index contributed by atoms with van der Waals surface area (Å²) in [6.07, 6.45) is 8.36. The second-order valence-corrected chi connectivity index (χ2v) is 4.91. The standard InChI is InChI=1S/C18H18N2.2BrH/c1-3-11-19(12-4-1)15-17-7-9-18(10-8-17)16-20-13-5-2-6-14-20;;/h1-14H,15-16H2;2*1H/q+2;;. The molecule has 114 valence electrons. The van der Waals surface area contributed by atoms with E-state index in [9.17, 15) is 0 Å². The number of hydrogen-bond donors (Lipinski definition) is 0. The molecule has 3 aromatic rings. The first-order valence-electron chi connectivity index (χ1n) is 6.86. The topological polar surface area (TPSA) is 7.76 Å². The Morgan fingerprint density at radius 1 is 0.500 bits per heavy atom. The third kappa shape index (κ3) is 5.35. The van der Waals surface area contributed by atoms with E-state index in [0.717, 1.165) is 13.1 Å². The van der Waals surface area contributed by atoms with Gasteiger partial charge in [-0.05, 0) is 0 Å². The van der Waals surface area contributed by atoms with Crippen LogP contribution in [0.2, 0.25) is 0 Å². The summed E-state index contributed by atoms with van der Waals surface area (Å²) >= 11 is 0. The summed E-state index contributed by atoms with van der Waals surface area (Å²) in [7, 11) is 0. The fourth-order valence-corrected chi connectivity index (χ4v) is 2.25. The maximum atomic E-state index is 2.21. The molecular weight excluding hydrogens is 404 g/mol. The van der Waals surface area contributed by atoms with Gasteiger partial charge >= 0.3 is 0 Å². The molecule has 0 saturated heterocycles. The van der Waals surface area contributed by atoms with Gasteiger partial charge < -0.3 is 0 Å². The highest BCUT2D eigenvalue weighted by Gasteiger charge is 2.04. The Balaban J connectivity index is 0.00000121. The summed E-state index contributed by atoms with van der Waals surface area (Å²) in [6, 6.07) is 21.1. The van der Waals surface area contributed by atoms with Crippen molar-refractivity contribution in [3.8, 4) is 0 Å². The van der Waals surface area contributed by atoms with Gasteiger partial charge in [0.1, 0.15) is 0 Å². The lowest BCUT2D eigenvalue weighted by atomic mass is 10.1. The van der Waals surface area contributed by atoms with Gasteiger partial charge in [0, 0.05) is 35.4 Å². The van der Waals surface area contributed by atoms with Crippen LogP contribution in [0.3, 0.4) is 0 Å². The van der Waals surface area contributed by atoms with Crippen LogP contribution >= 0.6 is 34.0 Å². The molecule has 2 aromatic heterocycles. The molecule has 22 heavy (non-hydrogen) atoms. The minimum Gasteiger partial charge on any atom is -0.201 e. The Kier molecular flexibility index (Phi) is 7.99. The Morgan fingerprint density at radius 2 is 0.818 bits per heavy atom. The van der Waals surface area contributed by atoms with Gasteiger partial charge in [0.05, 0.1) is 0 Å². The summed E-state index contributed by atoms with van der Waals surface area (Å²) in [5.74, 6) is 0. The van der Waals surface area contributed by atoms with Crippen molar-refractivity contribution >= 4 is 34.0 Å². The zero-order valence-corrected chi connectivity index (χ0v) is 15.6. The molecule has 0 spiro atoms. The molecule has 4 heteroatoms. The van der Waals surface area contributed by atoms with Crippen molar-refractivity contribution in [3.63, 3.8) is 0 Å². The zero-order chi connectivity index (χ0) is 13.6.